The van der Waals surface area contributed by atoms with E-state index in [0.29, 0.717) is 6.42 Å². The van der Waals surface area contributed by atoms with E-state index in [9.17, 15) is 4.79 Å². The highest BCUT2D eigenvalue weighted by molar-refractivity contribution is 5.95. The molecule has 104 valence electrons. The Kier molecular flexibility index (Phi) is 4.53. The maximum atomic E-state index is 12.1. The van der Waals surface area contributed by atoms with Gasteiger partial charge in [0.2, 0.25) is 5.91 Å². The molecule has 0 aliphatic rings. The van der Waals surface area contributed by atoms with Crippen molar-refractivity contribution in [2.24, 2.45) is 5.73 Å². The SMILES string of the molecule is Cc1cccc(NC(=O)C(N)Cc2ccccc2)c1C. The van der Waals surface area contributed by atoms with Gasteiger partial charge in [-0.25, -0.2) is 0 Å². The van der Waals surface area contributed by atoms with E-state index in [1.165, 1.54) is 0 Å². The van der Waals surface area contributed by atoms with Crippen molar-refractivity contribution in [1.29, 1.82) is 0 Å². The number of anilines is 1. The Hall–Kier alpha value is -2.13. The van der Waals surface area contributed by atoms with Crippen LogP contribution in [0.15, 0.2) is 48.5 Å². The summed E-state index contributed by atoms with van der Waals surface area (Å²) in [5, 5.41) is 2.91. The summed E-state index contributed by atoms with van der Waals surface area (Å²) in [6.07, 6.45) is 0.539. The van der Waals surface area contributed by atoms with Gasteiger partial charge in [-0.15, -0.1) is 0 Å². The van der Waals surface area contributed by atoms with E-state index >= 15 is 0 Å². The molecule has 2 rings (SSSR count). The van der Waals surface area contributed by atoms with E-state index in [1.54, 1.807) is 0 Å². The third-order valence-corrected chi connectivity index (χ3v) is 3.50. The van der Waals surface area contributed by atoms with Crippen LogP contribution in [0.3, 0.4) is 0 Å². The molecule has 0 spiro atoms. The van der Waals surface area contributed by atoms with Gasteiger partial charge in [-0.3, -0.25) is 4.79 Å². The lowest BCUT2D eigenvalue weighted by Crippen LogP contribution is -2.37. The van der Waals surface area contributed by atoms with Gasteiger partial charge in [0.1, 0.15) is 0 Å². The third-order valence-electron chi connectivity index (χ3n) is 3.50. The van der Waals surface area contributed by atoms with Crippen LogP contribution < -0.4 is 11.1 Å². The molecule has 0 aliphatic heterocycles. The van der Waals surface area contributed by atoms with Crippen molar-refractivity contribution in [1.82, 2.24) is 0 Å². The molecular weight excluding hydrogens is 248 g/mol. The largest absolute Gasteiger partial charge is 0.324 e. The first-order chi connectivity index (χ1) is 9.58. The second kappa shape index (κ2) is 6.35. The van der Waals surface area contributed by atoms with Gasteiger partial charge < -0.3 is 11.1 Å². The zero-order chi connectivity index (χ0) is 14.5. The van der Waals surface area contributed by atoms with E-state index < -0.39 is 6.04 Å². The van der Waals surface area contributed by atoms with Crippen molar-refractivity contribution in [3.63, 3.8) is 0 Å². The number of amides is 1. The van der Waals surface area contributed by atoms with Crippen LogP contribution in [0.25, 0.3) is 0 Å². The van der Waals surface area contributed by atoms with Gasteiger partial charge in [0, 0.05) is 5.69 Å². The summed E-state index contributed by atoms with van der Waals surface area (Å²) in [5.41, 5.74) is 10.1. The highest BCUT2D eigenvalue weighted by atomic mass is 16.2. The van der Waals surface area contributed by atoms with Gasteiger partial charge in [0.15, 0.2) is 0 Å². The number of benzene rings is 2. The fourth-order valence-corrected chi connectivity index (χ4v) is 2.07. The summed E-state index contributed by atoms with van der Waals surface area (Å²) in [4.78, 5) is 12.1. The molecule has 0 aromatic heterocycles. The van der Waals surface area contributed by atoms with Gasteiger partial charge in [0.05, 0.1) is 6.04 Å². The summed E-state index contributed by atoms with van der Waals surface area (Å²) in [7, 11) is 0. The lowest BCUT2D eigenvalue weighted by molar-refractivity contribution is -0.117. The minimum Gasteiger partial charge on any atom is -0.324 e. The second-order valence-corrected chi connectivity index (χ2v) is 5.03. The summed E-state index contributed by atoms with van der Waals surface area (Å²) >= 11 is 0. The number of carbonyl (C=O) groups is 1. The van der Waals surface area contributed by atoms with Gasteiger partial charge in [0.25, 0.3) is 0 Å². The third kappa shape index (κ3) is 3.45. The molecule has 0 saturated carbocycles. The monoisotopic (exact) mass is 268 g/mol. The minimum atomic E-state index is -0.544. The number of nitrogens with two attached hydrogens (primary N) is 1. The first kappa shape index (κ1) is 14.3. The molecule has 2 aromatic carbocycles. The summed E-state index contributed by atoms with van der Waals surface area (Å²) in [6.45, 7) is 4.02. The topological polar surface area (TPSA) is 55.1 Å². The summed E-state index contributed by atoms with van der Waals surface area (Å²) in [5.74, 6) is -0.150. The number of nitrogens with one attached hydrogen (secondary N) is 1. The summed E-state index contributed by atoms with van der Waals surface area (Å²) < 4.78 is 0. The van der Waals surface area contributed by atoms with Gasteiger partial charge in [-0.1, -0.05) is 42.5 Å². The predicted octanol–water partition coefficient (Wildman–Crippen LogP) is 2.81. The van der Waals surface area contributed by atoms with Crippen molar-refractivity contribution in [3.8, 4) is 0 Å². The van der Waals surface area contributed by atoms with Crippen LogP contribution in [-0.4, -0.2) is 11.9 Å². The van der Waals surface area contributed by atoms with Crippen molar-refractivity contribution >= 4 is 11.6 Å². The zero-order valence-corrected chi connectivity index (χ0v) is 11.9. The van der Waals surface area contributed by atoms with Gasteiger partial charge >= 0.3 is 0 Å². The molecule has 0 heterocycles. The fourth-order valence-electron chi connectivity index (χ4n) is 2.07. The molecule has 0 fully saturated rings. The van der Waals surface area contributed by atoms with Crippen LogP contribution >= 0.6 is 0 Å². The number of hydrogen-bond donors (Lipinski definition) is 2. The first-order valence-electron chi connectivity index (χ1n) is 6.74. The molecule has 1 atom stereocenters. The first-order valence-corrected chi connectivity index (χ1v) is 6.74. The molecule has 1 amide bonds. The standard InChI is InChI=1S/C17H20N2O/c1-12-7-6-10-16(13(12)2)19-17(20)15(18)11-14-8-4-3-5-9-14/h3-10,15H,11,18H2,1-2H3,(H,19,20). The number of hydrogen-bond acceptors (Lipinski definition) is 2. The number of carbonyl (C=O) groups excluding carboxylic acids is 1. The number of aryl methyl sites for hydroxylation is 1. The average molecular weight is 268 g/mol. The van der Waals surface area contributed by atoms with E-state index in [0.717, 1.165) is 22.4 Å². The molecule has 0 bridgehead atoms. The van der Waals surface area contributed by atoms with E-state index in [2.05, 4.69) is 5.32 Å². The molecule has 3 N–H and O–H groups in total. The van der Waals surface area contributed by atoms with Crippen LogP contribution in [0, 0.1) is 13.8 Å². The van der Waals surface area contributed by atoms with Crippen LogP contribution in [0.2, 0.25) is 0 Å². The van der Waals surface area contributed by atoms with Crippen LogP contribution in [0.4, 0.5) is 5.69 Å². The molecule has 1 unspecified atom stereocenters. The van der Waals surface area contributed by atoms with Crippen molar-refractivity contribution in [2.75, 3.05) is 5.32 Å². The van der Waals surface area contributed by atoms with E-state index in [4.69, 9.17) is 5.73 Å². The van der Waals surface area contributed by atoms with Crippen molar-refractivity contribution < 1.29 is 4.79 Å². The Morgan fingerprint density at radius 1 is 1.10 bits per heavy atom. The highest BCUT2D eigenvalue weighted by Crippen LogP contribution is 2.18. The second-order valence-electron chi connectivity index (χ2n) is 5.03. The maximum absolute atomic E-state index is 12.1. The Balaban J connectivity index is 2.03. The van der Waals surface area contributed by atoms with Crippen molar-refractivity contribution in [3.05, 3.63) is 65.2 Å². The minimum absolute atomic E-state index is 0.150. The Morgan fingerprint density at radius 2 is 1.80 bits per heavy atom. The van der Waals surface area contributed by atoms with Crippen LogP contribution in [0.5, 0.6) is 0 Å². The van der Waals surface area contributed by atoms with Crippen LogP contribution in [0.1, 0.15) is 16.7 Å². The zero-order valence-electron chi connectivity index (χ0n) is 11.9. The van der Waals surface area contributed by atoms with Crippen LogP contribution in [-0.2, 0) is 11.2 Å². The predicted molar refractivity (Wildman–Crippen MR) is 82.7 cm³/mol. The molecule has 0 saturated heterocycles. The highest BCUT2D eigenvalue weighted by Gasteiger charge is 2.15. The van der Waals surface area contributed by atoms with E-state index in [1.807, 2.05) is 62.4 Å². The lowest BCUT2D eigenvalue weighted by atomic mass is 10.0. The molecule has 0 aliphatic carbocycles. The average Bonchev–Trinajstić information content (AvgIpc) is 2.45. The molecular formula is C17H20N2O. The van der Waals surface area contributed by atoms with Gasteiger partial charge in [-0.2, -0.15) is 0 Å². The maximum Gasteiger partial charge on any atom is 0.241 e. The molecule has 0 radical (unpaired) electrons. The summed E-state index contributed by atoms with van der Waals surface area (Å²) in [6, 6.07) is 15.1. The Bertz CT molecular complexity index is 593. The lowest BCUT2D eigenvalue weighted by Gasteiger charge is -2.14. The van der Waals surface area contributed by atoms with Gasteiger partial charge in [-0.05, 0) is 43.0 Å². The normalized spacial score (nSPS) is 11.9. The smallest absolute Gasteiger partial charge is 0.241 e. The molecule has 20 heavy (non-hydrogen) atoms. The number of rotatable bonds is 4. The van der Waals surface area contributed by atoms with E-state index in [-0.39, 0.29) is 5.91 Å². The quantitative estimate of drug-likeness (QED) is 0.896. The Labute approximate surface area is 119 Å². The molecule has 2 aromatic rings. The molecule has 3 nitrogen and oxygen atoms in total. The molecule has 3 heteroatoms. The fraction of sp³-hybridized carbons (Fsp3) is 0.235. The Morgan fingerprint density at radius 3 is 2.50 bits per heavy atom. The van der Waals surface area contributed by atoms with Crippen molar-refractivity contribution in [2.45, 2.75) is 26.3 Å².